The second kappa shape index (κ2) is 32.1. The van der Waals surface area contributed by atoms with E-state index in [0.717, 1.165) is 76.4 Å². The second-order valence-corrected chi connectivity index (χ2v) is 32.2. The van der Waals surface area contributed by atoms with Crippen LogP contribution in [0, 0.1) is 34.6 Å². The molecule has 0 radical (unpaired) electrons. The molecule has 6 heterocycles. The fourth-order valence-electron chi connectivity index (χ4n) is 12.0. The van der Waals surface area contributed by atoms with Crippen molar-refractivity contribution in [3.8, 4) is 0 Å². The SMILES string of the molecule is Cc1cc(C(=O)N(C)C)ccc1CCS(=O)(=O)Cl.Cc1cccc(NC2=NC3(CCN(C(=O)OC(C)(C)C)CC3)C(=O)N2)c1.Cc1cccc(NC2=NC3(CCN(S(=O)(=O)CCc4ccc(C(=O)N(C)C)cc4C)CC3)C(=O)N2)c1.Cc1cccc(NC2=NC3(CCNCC3)C(=O)N2)c1. The zero-order chi connectivity index (χ0) is 72.3. The maximum Gasteiger partial charge on any atom is 0.410 e. The normalized spacial score (nSPS) is 17.5. The Bertz CT molecular complexity index is 4170. The van der Waals surface area contributed by atoms with Crippen LogP contribution >= 0.6 is 10.7 Å². The predicted octanol–water partition coefficient (Wildman–Crippen LogP) is 7.80. The molecule has 28 heteroatoms. The predicted molar refractivity (Wildman–Crippen MR) is 389 cm³/mol. The van der Waals surface area contributed by atoms with Crippen molar-refractivity contribution in [3.05, 3.63) is 159 Å². The number of halogens is 1. The lowest BCUT2D eigenvalue weighted by molar-refractivity contribution is -0.125. The topological polar surface area (TPSA) is 314 Å². The Morgan fingerprint density at radius 2 is 0.899 bits per heavy atom. The molecule has 11 rings (SSSR count). The summed E-state index contributed by atoms with van der Waals surface area (Å²) < 4.78 is 54.8. The van der Waals surface area contributed by atoms with Gasteiger partial charge in [-0.05, 0) is 219 Å². The van der Waals surface area contributed by atoms with Crippen LogP contribution in [0.25, 0.3) is 0 Å². The van der Waals surface area contributed by atoms with Crippen LogP contribution < -0.4 is 37.2 Å². The number of nitrogens with zero attached hydrogens (tertiary/aromatic N) is 7. The Balaban J connectivity index is 0.000000175. The highest BCUT2D eigenvalue weighted by atomic mass is 35.7. The van der Waals surface area contributed by atoms with Gasteiger partial charge in [0.05, 0.1) is 11.5 Å². The minimum atomic E-state index is -3.51. The van der Waals surface area contributed by atoms with Crippen LogP contribution in [0.15, 0.2) is 124 Å². The summed E-state index contributed by atoms with van der Waals surface area (Å²) in [5.74, 6) is 0.842. The van der Waals surface area contributed by atoms with Gasteiger partial charge in [-0.2, -0.15) is 0 Å². The Kier molecular flexibility index (Phi) is 24.6. The number of anilines is 3. The number of rotatable bonds is 12. The number of carbonyl (C=O) groups is 6. The number of nitrogens with one attached hydrogen (secondary N) is 7. The molecule has 0 bridgehead atoms. The van der Waals surface area contributed by atoms with Crippen LogP contribution in [0.4, 0.5) is 21.9 Å². The van der Waals surface area contributed by atoms with Crippen LogP contribution in [0.2, 0.25) is 0 Å². The summed E-state index contributed by atoms with van der Waals surface area (Å²) in [5, 5.41) is 21.2. The number of aryl methyl sites for hydroxylation is 7. The first-order chi connectivity index (χ1) is 46.5. The Hall–Kier alpha value is -8.76. The standard InChI is InChI=1S/C26H33N5O4S.C19H26N4O3.C14H18N4O.C12H16ClNO3S/c1-18-6-5-7-22(16-18)27-25-28-24(33)26(29-25)11-13-31(14-12-26)36(34,35)15-10-20-8-9-21(17-19(20)2)23(32)30(3)4;1-13-6-5-7-14(12-13)20-16-21-15(24)19(22-16)8-10-23(11-9-19)17(25)26-18(2,3)4;1-10-3-2-4-11(9-10)16-13-17-12(19)14(18-13)5-7-15-8-6-14;1-9-8-11(12(15)14(2)3)5-4-10(9)6-7-18(13,16)17/h5-9,16-17H,10-15H2,1-4H3,(H2,27,28,29,33);5-7,12H,8-11H2,1-4H3,(H2,20,21,22,24);2-4,9,15H,5-8H2,1H3,(H2,16,17,18,19);4-5,8H,6-7H2,1-3H3. The minimum Gasteiger partial charge on any atom is -0.444 e. The third-order valence-corrected chi connectivity index (χ3v) is 20.7. The number of carbonyl (C=O) groups excluding carboxylic acids is 6. The number of amides is 6. The second-order valence-electron chi connectivity index (χ2n) is 27.2. The van der Waals surface area contributed by atoms with Crippen LogP contribution in [0.3, 0.4) is 0 Å². The number of aliphatic imine (C=N–C) groups is 3. The van der Waals surface area contributed by atoms with E-state index in [1.165, 1.54) is 19.7 Å². The molecular formula is C71H93ClN14O11S2. The Labute approximate surface area is 585 Å². The zero-order valence-corrected chi connectivity index (χ0v) is 60.9. The van der Waals surface area contributed by atoms with Gasteiger partial charge in [0.25, 0.3) is 29.5 Å². The molecule has 99 heavy (non-hydrogen) atoms. The number of ether oxygens (including phenoxy) is 1. The fraction of sp³-hybridized carbons (Fsp3) is 0.451. The highest BCUT2D eigenvalue weighted by Crippen LogP contribution is 2.34. The fourth-order valence-corrected chi connectivity index (χ4v) is 14.2. The molecule has 3 spiro atoms. The van der Waals surface area contributed by atoms with Crippen molar-refractivity contribution < 1.29 is 50.3 Å². The third kappa shape index (κ3) is 20.7. The van der Waals surface area contributed by atoms with Gasteiger partial charge in [0.15, 0.2) is 0 Å². The molecule has 5 aromatic rings. The van der Waals surface area contributed by atoms with Crippen molar-refractivity contribution in [1.29, 1.82) is 0 Å². The van der Waals surface area contributed by atoms with E-state index in [1.54, 1.807) is 63.4 Å². The van der Waals surface area contributed by atoms with Gasteiger partial charge in [0.1, 0.15) is 22.2 Å². The number of guanidine groups is 3. The smallest absolute Gasteiger partial charge is 0.410 e. The summed E-state index contributed by atoms with van der Waals surface area (Å²) in [6.45, 7) is 18.4. The van der Waals surface area contributed by atoms with Crippen molar-refractivity contribution in [2.24, 2.45) is 15.0 Å². The molecule has 5 aromatic carbocycles. The number of hydrogen-bond donors (Lipinski definition) is 7. The lowest BCUT2D eigenvalue weighted by Crippen LogP contribution is -2.51. The molecular weight excluding hydrogens is 1320 g/mol. The maximum atomic E-state index is 13.1. The van der Waals surface area contributed by atoms with Crippen molar-refractivity contribution >= 4 is 100 Å². The highest BCUT2D eigenvalue weighted by molar-refractivity contribution is 8.13. The van der Waals surface area contributed by atoms with Gasteiger partial charge in [0.2, 0.25) is 37.0 Å². The van der Waals surface area contributed by atoms with E-state index in [0.29, 0.717) is 80.6 Å². The molecule has 6 aliphatic rings. The maximum absolute atomic E-state index is 13.1. The molecule has 0 saturated carbocycles. The highest BCUT2D eigenvalue weighted by Gasteiger charge is 2.49. The summed E-state index contributed by atoms with van der Waals surface area (Å²) in [6.07, 6.45) is 3.52. The summed E-state index contributed by atoms with van der Waals surface area (Å²) in [7, 11) is 4.95. The van der Waals surface area contributed by atoms with Gasteiger partial charge in [-0.3, -0.25) is 39.9 Å². The Morgan fingerprint density at radius 3 is 1.24 bits per heavy atom. The Morgan fingerprint density at radius 1 is 0.535 bits per heavy atom. The molecule has 3 fully saturated rings. The third-order valence-electron chi connectivity index (χ3n) is 17.6. The van der Waals surface area contributed by atoms with Crippen molar-refractivity contribution in [2.45, 2.75) is 129 Å². The number of hydrogen-bond acceptors (Lipinski definition) is 18. The van der Waals surface area contributed by atoms with E-state index in [2.05, 4.69) is 52.2 Å². The monoisotopic (exact) mass is 1420 g/mol. The quantitative estimate of drug-likeness (QED) is 0.0586. The molecule has 0 atom stereocenters. The molecule has 0 aliphatic carbocycles. The average Bonchev–Trinajstić information content (AvgIpc) is 1.67. The zero-order valence-electron chi connectivity index (χ0n) is 58.5. The van der Waals surface area contributed by atoms with Gasteiger partial charge in [0, 0.05) is 93.2 Å². The van der Waals surface area contributed by atoms with Crippen molar-refractivity contribution in [2.75, 3.05) is 94.9 Å². The van der Waals surface area contributed by atoms with Crippen LogP contribution in [-0.2, 0) is 51.0 Å². The summed E-state index contributed by atoms with van der Waals surface area (Å²) >= 11 is 0. The number of piperidine rings is 3. The number of sulfonamides is 1. The lowest BCUT2D eigenvalue weighted by Gasteiger charge is -2.36. The lowest BCUT2D eigenvalue weighted by atomic mass is 9.88. The minimum absolute atomic E-state index is 0.0177. The van der Waals surface area contributed by atoms with Gasteiger partial charge < -0.3 is 40.7 Å². The number of benzene rings is 5. The molecule has 532 valence electrons. The summed E-state index contributed by atoms with van der Waals surface area (Å²) in [4.78, 5) is 92.0. The molecule has 0 unspecified atom stereocenters. The van der Waals surface area contributed by atoms with E-state index >= 15 is 0 Å². The first kappa shape index (κ1) is 76.0. The van der Waals surface area contributed by atoms with Crippen molar-refractivity contribution in [3.63, 3.8) is 0 Å². The summed E-state index contributed by atoms with van der Waals surface area (Å²) in [6, 6.07) is 34.3. The molecule has 3 saturated heterocycles. The molecule has 6 amide bonds. The molecule has 7 N–H and O–H groups in total. The first-order valence-corrected chi connectivity index (χ1v) is 37.1. The van der Waals surface area contributed by atoms with Gasteiger partial charge in [-0.15, -0.1) is 0 Å². The van der Waals surface area contributed by atoms with E-state index in [4.69, 9.17) is 15.4 Å². The van der Waals surface area contributed by atoms with Crippen molar-refractivity contribution in [1.82, 2.24) is 40.3 Å². The van der Waals surface area contributed by atoms with E-state index in [-0.39, 0.29) is 60.2 Å². The number of likely N-dealkylation sites (tertiary alicyclic amines) is 1. The largest absolute Gasteiger partial charge is 0.444 e. The van der Waals surface area contributed by atoms with Gasteiger partial charge in [-0.1, -0.05) is 48.5 Å². The van der Waals surface area contributed by atoms with E-state index in [1.807, 2.05) is 134 Å². The van der Waals surface area contributed by atoms with Crippen LogP contribution in [-0.4, -0.2) is 191 Å². The van der Waals surface area contributed by atoms with Crippen LogP contribution in [0.1, 0.15) is 119 Å². The van der Waals surface area contributed by atoms with E-state index in [9.17, 15) is 45.6 Å². The van der Waals surface area contributed by atoms with Crippen LogP contribution in [0.5, 0.6) is 0 Å². The van der Waals surface area contributed by atoms with Gasteiger partial charge >= 0.3 is 6.09 Å². The molecule has 6 aliphatic heterocycles. The molecule has 25 nitrogen and oxygen atoms in total. The van der Waals surface area contributed by atoms with Gasteiger partial charge in [-0.25, -0.2) is 40.9 Å². The first-order valence-electron chi connectivity index (χ1n) is 33.0. The van der Waals surface area contributed by atoms with E-state index < -0.39 is 41.3 Å². The average molecular weight is 1420 g/mol. The summed E-state index contributed by atoms with van der Waals surface area (Å²) in [5.41, 5.74) is 7.96. The molecule has 0 aromatic heterocycles.